The predicted molar refractivity (Wildman–Crippen MR) is 141 cm³/mol. The molecule has 3 rings (SSSR count). The Bertz CT molecular complexity index is 1350. The van der Waals surface area contributed by atoms with Crippen LogP contribution in [0.1, 0.15) is 48.7 Å². The van der Waals surface area contributed by atoms with Crippen molar-refractivity contribution >= 4 is 21.8 Å². The molecule has 0 spiro atoms. The zero-order valence-corrected chi connectivity index (χ0v) is 22.0. The highest BCUT2D eigenvalue weighted by atomic mass is 32.2. The number of carboxylic acid groups (broad SMARTS) is 1. The van der Waals surface area contributed by atoms with Crippen LogP contribution >= 0.6 is 0 Å². The van der Waals surface area contributed by atoms with Crippen LogP contribution in [0.4, 0.5) is 5.95 Å². The Morgan fingerprint density at radius 3 is 2.39 bits per heavy atom. The number of nitrogens with two attached hydrogens (primary N) is 1. The highest BCUT2D eigenvalue weighted by Crippen LogP contribution is 2.30. The summed E-state index contributed by atoms with van der Waals surface area (Å²) in [5.74, 6) is -1.03. The molecule has 2 aromatic carbocycles. The Labute approximate surface area is 212 Å². The van der Waals surface area contributed by atoms with Gasteiger partial charge in [0.2, 0.25) is 11.8 Å². The molecule has 0 amide bonds. The van der Waals surface area contributed by atoms with Crippen LogP contribution in [-0.2, 0) is 9.92 Å². The lowest BCUT2D eigenvalue weighted by Gasteiger charge is -2.23. The lowest BCUT2D eigenvalue weighted by atomic mass is 9.89. The quantitative estimate of drug-likeness (QED) is 0.314. The number of aromatic carboxylic acids is 1. The van der Waals surface area contributed by atoms with Gasteiger partial charge in [0.05, 0.1) is 16.2 Å². The minimum atomic E-state index is -3.68. The summed E-state index contributed by atoms with van der Waals surface area (Å²) < 4.78 is 30.2. The molecule has 9 nitrogen and oxygen atoms in total. The number of benzene rings is 2. The molecular weight excluding hydrogens is 478 g/mol. The maximum absolute atomic E-state index is 13.3. The van der Waals surface area contributed by atoms with E-state index in [0.29, 0.717) is 5.69 Å². The average molecular weight is 512 g/mol. The van der Waals surface area contributed by atoms with E-state index in [0.717, 1.165) is 23.1 Å². The molecule has 0 aliphatic heterocycles. The van der Waals surface area contributed by atoms with E-state index in [1.807, 2.05) is 32.0 Å². The standard InChI is InChI=1S/C26H33N5O4S/c1-16-8-6-9-17(2)23(16)21-13-22(35-15-19(27)14-26(3,4)5)30-25(29-21)31-36(28,34)20-11-7-10-18(12-20)24(32)33/h6-13,19H,14-15,27H2,1-5H3,(H,32,33)(H2,28,29,30,31,34). The van der Waals surface area contributed by atoms with Crippen molar-refractivity contribution < 1.29 is 18.8 Å². The monoisotopic (exact) mass is 511 g/mol. The SMILES string of the molecule is Cc1cccc(C)c1-c1cc(OCC(N)CC(C)(C)C)nc(NS(=N)(=O)c2cccc(C(=O)O)c2)n1. The molecule has 2 atom stereocenters. The van der Waals surface area contributed by atoms with E-state index >= 15 is 0 Å². The van der Waals surface area contributed by atoms with Gasteiger partial charge in [0.1, 0.15) is 6.61 Å². The number of nitrogens with one attached hydrogen (secondary N) is 2. The molecular formula is C26H33N5O4S. The third kappa shape index (κ3) is 7.02. The van der Waals surface area contributed by atoms with E-state index in [1.54, 1.807) is 6.07 Å². The molecule has 36 heavy (non-hydrogen) atoms. The summed E-state index contributed by atoms with van der Waals surface area (Å²) in [5.41, 5.74) is 9.59. The Kier molecular flexibility index (Phi) is 8.00. The zero-order chi connectivity index (χ0) is 26.7. The first-order chi connectivity index (χ1) is 16.7. The first kappa shape index (κ1) is 27.1. The average Bonchev–Trinajstić information content (AvgIpc) is 2.76. The number of hydrogen-bond donors (Lipinski definition) is 4. The van der Waals surface area contributed by atoms with E-state index in [4.69, 9.17) is 15.3 Å². The van der Waals surface area contributed by atoms with Gasteiger partial charge in [-0.05, 0) is 55.0 Å². The van der Waals surface area contributed by atoms with E-state index in [1.165, 1.54) is 24.3 Å². The Balaban J connectivity index is 2.00. The fourth-order valence-corrected chi connectivity index (χ4v) is 4.95. The lowest BCUT2D eigenvalue weighted by molar-refractivity contribution is 0.0696. The second-order valence-corrected chi connectivity index (χ2v) is 11.8. The molecule has 0 saturated carbocycles. The van der Waals surface area contributed by atoms with E-state index in [9.17, 15) is 14.1 Å². The largest absolute Gasteiger partial charge is 0.478 e. The smallest absolute Gasteiger partial charge is 0.335 e. The lowest BCUT2D eigenvalue weighted by Crippen LogP contribution is -2.32. The molecule has 0 aliphatic carbocycles. The van der Waals surface area contributed by atoms with Gasteiger partial charge in [0.25, 0.3) is 0 Å². The number of ether oxygens (including phenoxy) is 1. The first-order valence-corrected chi connectivity index (χ1v) is 13.0. The second-order valence-electron chi connectivity index (χ2n) is 10.0. The Morgan fingerprint density at radius 2 is 1.78 bits per heavy atom. The van der Waals surface area contributed by atoms with Gasteiger partial charge in [-0.3, -0.25) is 4.72 Å². The molecule has 0 fully saturated rings. The minimum absolute atomic E-state index is 0.00172. The van der Waals surface area contributed by atoms with Crippen molar-refractivity contribution in [2.24, 2.45) is 11.1 Å². The molecule has 1 aromatic heterocycles. The summed E-state index contributed by atoms with van der Waals surface area (Å²) in [6.45, 7) is 10.4. The molecule has 0 bridgehead atoms. The fraction of sp³-hybridized carbons (Fsp3) is 0.346. The number of nitrogens with zero attached hydrogens (tertiary/aromatic N) is 2. The summed E-state index contributed by atoms with van der Waals surface area (Å²) in [4.78, 5) is 20.2. The van der Waals surface area contributed by atoms with Crippen molar-refractivity contribution in [3.8, 4) is 17.1 Å². The maximum atomic E-state index is 13.3. The van der Waals surface area contributed by atoms with Gasteiger partial charge < -0.3 is 15.6 Å². The number of anilines is 1. The van der Waals surface area contributed by atoms with Gasteiger partial charge in [-0.1, -0.05) is 45.0 Å². The van der Waals surface area contributed by atoms with E-state index < -0.39 is 15.9 Å². The normalized spacial score (nSPS) is 14.1. The summed E-state index contributed by atoms with van der Waals surface area (Å²) in [7, 11) is -3.68. The van der Waals surface area contributed by atoms with Crippen molar-refractivity contribution in [1.29, 1.82) is 4.78 Å². The summed E-state index contributed by atoms with van der Waals surface area (Å²) in [5, 5.41) is 9.26. The van der Waals surface area contributed by atoms with Gasteiger partial charge in [-0.25, -0.2) is 18.8 Å². The van der Waals surface area contributed by atoms with E-state index in [-0.39, 0.29) is 40.4 Å². The van der Waals surface area contributed by atoms with E-state index in [2.05, 4.69) is 35.5 Å². The van der Waals surface area contributed by atoms with Crippen molar-refractivity contribution in [1.82, 2.24) is 9.97 Å². The van der Waals surface area contributed by atoms with Crippen molar-refractivity contribution in [3.05, 3.63) is 65.2 Å². The van der Waals surface area contributed by atoms with Gasteiger partial charge in [-0.2, -0.15) is 4.98 Å². The number of aromatic nitrogens is 2. The van der Waals surface area contributed by atoms with Crippen LogP contribution in [0.2, 0.25) is 0 Å². The molecule has 5 N–H and O–H groups in total. The highest BCUT2D eigenvalue weighted by Gasteiger charge is 2.19. The van der Waals surface area contributed by atoms with Gasteiger partial charge in [0.15, 0.2) is 9.92 Å². The second kappa shape index (κ2) is 10.6. The number of rotatable bonds is 9. The number of aryl methyl sites for hydroxylation is 2. The van der Waals surface area contributed by atoms with Gasteiger partial charge in [0, 0.05) is 17.7 Å². The van der Waals surface area contributed by atoms with Crippen LogP contribution < -0.4 is 15.2 Å². The van der Waals surface area contributed by atoms with Crippen LogP contribution in [0.25, 0.3) is 11.3 Å². The number of carboxylic acids is 1. The van der Waals surface area contributed by atoms with Crippen LogP contribution in [0.3, 0.4) is 0 Å². The van der Waals surface area contributed by atoms with Crippen LogP contribution in [0, 0.1) is 24.0 Å². The summed E-state index contributed by atoms with van der Waals surface area (Å²) in [6.07, 6.45) is 0.743. The highest BCUT2D eigenvalue weighted by molar-refractivity contribution is 7.93. The molecule has 0 saturated heterocycles. The summed E-state index contributed by atoms with van der Waals surface area (Å²) >= 11 is 0. The van der Waals surface area contributed by atoms with Gasteiger partial charge >= 0.3 is 5.97 Å². The number of hydrogen-bond acceptors (Lipinski definition) is 7. The Morgan fingerprint density at radius 1 is 1.14 bits per heavy atom. The molecule has 3 aromatic rings. The summed E-state index contributed by atoms with van der Waals surface area (Å²) in [6, 6.07) is 12.8. The third-order valence-electron chi connectivity index (χ3n) is 5.41. The van der Waals surface area contributed by atoms with Crippen molar-refractivity contribution in [3.63, 3.8) is 0 Å². The van der Waals surface area contributed by atoms with Crippen molar-refractivity contribution in [2.75, 3.05) is 11.3 Å². The topological polar surface area (TPSA) is 151 Å². The van der Waals surface area contributed by atoms with Crippen LogP contribution in [0.15, 0.2) is 53.4 Å². The Hall–Kier alpha value is -3.50. The van der Waals surface area contributed by atoms with Crippen LogP contribution in [0.5, 0.6) is 5.88 Å². The minimum Gasteiger partial charge on any atom is -0.478 e. The van der Waals surface area contributed by atoms with Crippen molar-refractivity contribution in [2.45, 2.75) is 52.0 Å². The zero-order valence-electron chi connectivity index (χ0n) is 21.2. The maximum Gasteiger partial charge on any atom is 0.335 e. The molecule has 0 radical (unpaired) electrons. The predicted octanol–water partition coefficient (Wildman–Crippen LogP) is 5.03. The molecule has 192 valence electrons. The first-order valence-electron chi connectivity index (χ1n) is 11.5. The third-order valence-corrected chi connectivity index (χ3v) is 6.80. The van der Waals surface area contributed by atoms with Crippen LogP contribution in [-0.4, -0.2) is 37.9 Å². The fourth-order valence-electron chi connectivity index (χ4n) is 3.92. The molecule has 1 heterocycles. The molecule has 10 heteroatoms. The molecule has 2 unspecified atom stereocenters. The van der Waals surface area contributed by atoms with Gasteiger partial charge in [-0.15, -0.1) is 0 Å². The molecule has 0 aliphatic rings. The number of carbonyl (C=O) groups is 1.